The Balaban J connectivity index is 2.25. The molecule has 0 aliphatic carbocycles. The first-order valence-electron chi connectivity index (χ1n) is 4.92. The van der Waals surface area contributed by atoms with E-state index in [1.807, 2.05) is 25.1 Å². The topological polar surface area (TPSA) is 51.2 Å². The van der Waals surface area contributed by atoms with E-state index in [4.69, 9.17) is 0 Å². The van der Waals surface area contributed by atoms with Crippen LogP contribution in [0, 0.1) is 5.92 Å². The zero-order valence-electron chi connectivity index (χ0n) is 9.06. The van der Waals surface area contributed by atoms with Gasteiger partial charge in [-0.25, -0.2) is 0 Å². The number of rotatable bonds is 5. The van der Waals surface area contributed by atoms with Gasteiger partial charge in [0.1, 0.15) is 0 Å². The SMILES string of the molecule is COC(=O)[C@H](C)CNCc1ccccn1. The second-order valence-electron chi connectivity index (χ2n) is 3.38. The Morgan fingerprint density at radius 1 is 1.60 bits per heavy atom. The number of hydrogen-bond donors (Lipinski definition) is 1. The Hall–Kier alpha value is -1.42. The Labute approximate surface area is 89.7 Å². The smallest absolute Gasteiger partial charge is 0.309 e. The molecule has 0 unspecified atom stereocenters. The molecule has 0 radical (unpaired) electrons. The average Bonchev–Trinajstić information content (AvgIpc) is 2.29. The predicted molar refractivity (Wildman–Crippen MR) is 57.1 cm³/mol. The number of esters is 1. The first-order valence-corrected chi connectivity index (χ1v) is 4.92. The summed E-state index contributed by atoms with van der Waals surface area (Å²) >= 11 is 0. The summed E-state index contributed by atoms with van der Waals surface area (Å²) in [5, 5.41) is 3.15. The number of pyridine rings is 1. The van der Waals surface area contributed by atoms with Gasteiger partial charge in [0.2, 0.25) is 0 Å². The fourth-order valence-electron chi connectivity index (χ4n) is 1.20. The van der Waals surface area contributed by atoms with Crippen molar-refractivity contribution in [1.29, 1.82) is 0 Å². The second kappa shape index (κ2) is 6.14. The maximum atomic E-state index is 11.1. The largest absolute Gasteiger partial charge is 0.469 e. The molecule has 15 heavy (non-hydrogen) atoms. The van der Waals surface area contributed by atoms with Crippen molar-refractivity contribution < 1.29 is 9.53 Å². The molecule has 0 aliphatic rings. The number of ether oxygens (including phenoxy) is 1. The van der Waals surface area contributed by atoms with Crippen molar-refractivity contribution in [1.82, 2.24) is 10.3 Å². The third kappa shape index (κ3) is 4.08. The molecule has 0 amide bonds. The molecule has 0 saturated carbocycles. The molecule has 1 atom stereocenters. The average molecular weight is 208 g/mol. The van der Waals surface area contributed by atoms with Gasteiger partial charge in [0.25, 0.3) is 0 Å². The lowest BCUT2D eigenvalue weighted by Gasteiger charge is -2.09. The highest BCUT2D eigenvalue weighted by atomic mass is 16.5. The Morgan fingerprint density at radius 2 is 2.40 bits per heavy atom. The van der Waals surface area contributed by atoms with Crippen LogP contribution in [-0.4, -0.2) is 24.6 Å². The van der Waals surface area contributed by atoms with E-state index in [0.29, 0.717) is 13.1 Å². The van der Waals surface area contributed by atoms with Crippen molar-refractivity contribution in [2.45, 2.75) is 13.5 Å². The van der Waals surface area contributed by atoms with Crippen molar-refractivity contribution >= 4 is 5.97 Å². The maximum absolute atomic E-state index is 11.1. The highest BCUT2D eigenvalue weighted by molar-refractivity contribution is 5.71. The maximum Gasteiger partial charge on any atom is 0.309 e. The summed E-state index contributed by atoms with van der Waals surface area (Å²) in [4.78, 5) is 15.2. The van der Waals surface area contributed by atoms with Crippen LogP contribution in [0.3, 0.4) is 0 Å². The number of nitrogens with one attached hydrogen (secondary N) is 1. The summed E-state index contributed by atoms with van der Waals surface area (Å²) in [6.07, 6.45) is 1.75. The molecule has 1 heterocycles. The minimum atomic E-state index is -0.191. The standard InChI is InChI=1S/C11H16N2O2/c1-9(11(14)15-2)7-12-8-10-5-3-4-6-13-10/h3-6,9,12H,7-8H2,1-2H3/t9-/m1/s1. The fraction of sp³-hybridized carbons (Fsp3) is 0.455. The molecule has 0 aliphatic heterocycles. The fourth-order valence-corrected chi connectivity index (χ4v) is 1.20. The van der Waals surface area contributed by atoms with Gasteiger partial charge in [-0.15, -0.1) is 0 Å². The summed E-state index contributed by atoms with van der Waals surface area (Å²) in [7, 11) is 1.40. The van der Waals surface area contributed by atoms with Crippen molar-refractivity contribution in [2.24, 2.45) is 5.92 Å². The Kier molecular flexibility index (Phi) is 4.77. The number of carbonyl (C=O) groups is 1. The van der Waals surface area contributed by atoms with E-state index >= 15 is 0 Å². The molecule has 1 N–H and O–H groups in total. The van der Waals surface area contributed by atoms with Crippen LogP contribution in [0.25, 0.3) is 0 Å². The van der Waals surface area contributed by atoms with Crippen LogP contribution in [0.2, 0.25) is 0 Å². The molecule has 82 valence electrons. The van der Waals surface area contributed by atoms with Crippen molar-refractivity contribution in [2.75, 3.05) is 13.7 Å². The van der Waals surface area contributed by atoms with Gasteiger partial charge < -0.3 is 10.1 Å². The summed E-state index contributed by atoms with van der Waals surface area (Å²) in [5.74, 6) is -0.317. The number of aromatic nitrogens is 1. The third-order valence-electron chi connectivity index (χ3n) is 2.09. The van der Waals surface area contributed by atoms with E-state index in [-0.39, 0.29) is 11.9 Å². The first-order chi connectivity index (χ1) is 7.24. The van der Waals surface area contributed by atoms with Crippen LogP contribution in [0.5, 0.6) is 0 Å². The predicted octanol–water partition coefficient (Wildman–Crippen LogP) is 0.980. The van der Waals surface area contributed by atoms with E-state index in [9.17, 15) is 4.79 Å². The lowest BCUT2D eigenvalue weighted by molar-refractivity contribution is -0.144. The van der Waals surface area contributed by atoms with Gasteiger partial charge in [-0.2, -0.15) is 0 Å². The van der Waals surface area contributed by atoms with E-state index in [1.165, 1.54) is 7.11 Å². The monoisotopic (exact) mass is 208 g/mol. The molecule has 1 rings (SSSR count). The van der Waals surface area contributed by atoms with Gasteiger partial charge in [0.15, 0.2) is 0 Å². The molecule has 0 bridgehead atoms. The van der Waals surface area contributed by atoms with Gasteiger partial charge >= 0.3 is 5.97 Å². The van der Waals surface area contributed by atoms with Crippen molar-refractivity contribution in [3.05, 3.63) is 30.1 Å². The van der Waals surface area contributed by atoms with Crippen molar-refractivity contribution in [3.63, 3.8) is 0 Å². The molecule has 0 fully saturated rings. The van der Waals surface area contributed by atoms with E-state index in [1.54, 1.807) is 6.20 Å². The summed E-state index contributed by atoms with van der Waals surface area (Å²) < 4.78 is 4.62. The highest BCUT2D eigenvalue weighted by Gasteiger charge is 2.11. The van der Waals surface area contributed by atoms with Crippen LogP contribution in [0.4, 0.5) is 0 Å². The molecule has 4 heteroatoms. The van der Waals surface area contributed by atoms with Crippen LogP contribution >= 0.6 is 0 Å². The van der Waals surface area contributed by atoms with Gasteiger partial charge in [-0.05, 0) is 12.1 Å². The zero-order chi connectivity index (χ0) is 11.1. The molecule has 1 aromatic heterocycles. The quantitative estimate of drug-likeness (QED) is 0.733. The number of methoxy groups -OCH3 is 1. The van der Waals surface area contributed by atoms with E-state index in [0.717, 1.165) is 5.69 Å². The molecular formula is C11H16N2O2. The number of hydrogen-bond acceptors (Lipinski definition) is 4. The van der Waals surface area contributed by atoms with Crippen LogP contribution < -0.4 is 5.32 Å². The lowest BCUT2D eigenvalue weighted by atomic mass is 10.2. The third-order valence-corrected chi connectivity index (χ3v) is 2.09. The van der Waals surface area contributed by atoms with E-state index in [2.05, 4.69) is 15.0 Å². The molecule has 1 aromatic rings. The van der Waals surface area contributed by atoms with Gasteiger partial charge in [0, 0.05) is 19.3 Å². The van der Waals surface area contributed by atoms with Crippen LogP contribution in [0.15, 0.2) is 24.4 Å². The number of carbonyl (C=O) groups excluding carboxylic acids is 1. The van der Waals surface area contributed by atoms with Crippen LogP contribution in [-0.2, 0) is 16.1 Å². The molecule has 0 aromatic carbocycles. The second-order valence-corrected chi connectivity index (χ2v) is 3.38. The highest BCUT2D eigenvalue weighted by Crippen LogP contribution is 1.97. The van der Waals surface area contributed by atoms with Gasteiger partial charge in [-0.3, -0.25) is 9.78 Å². The summed E-state index contributed by atoms with van der Waals surface area (Å²) in [6, 6.07) is 5.75. The molecular weight excluding hydrogens is 192 g/mol. The summed E-state index contributed by atoms with van der Waals surface area (Å²) in [5.41, 5.74) is 0.967. The molecule has 0 saturated heterocycles. The molecule has 0 spiro atoms. The summed E-state index contributed by atoms with van der Waals surface area (Å²) in [6.45, 7) is 3.10. The van der Waals surface area contributed by atoms with Crippen LogP contribution in [0.1, 0.15) is 12.6 Å². The van der Waals surface area contributed by atoms with Crippen molar-refractivity contribution in [3.8, 4) is 0 Å². The Bertz CT molecular complexity index is 301. The lowest BCUT2D eigenvalue weighted by Crippen LogP contribution is -2.27. The normalized spacial score (nSPS) is 12.1. The molecule has 4 nitrogen and oxygen atoms in total. The Morgan fingerprint density at radius 3 is 3.00 bits per heavy atom. The van der Waals surface area contributed by atoms with E-state index < -0.39 is 0 Å². The van der Waals surface area contributed by atoms with Gasteiger partial charge in [-0.1, -0.05) is 13.0 Å². The minimum absolute atomic E-state index is 0.126. The first kappa shape index (κ1) is 11.7. The van der Waals surface area contributed by atoms with Gasteiger partial charge in [0.05, 0.1) is 18.7 Å². The minimum Gasteiger partial charge on any atom is -0.469 e. The number of nitrogens with zero attached hydrogens (tertiary/aromatic N) is 1. The zero-order valence-corrected chi connectivity index (χ0v) is 9.06.